The number of rotatable bonds is 3. The highest BCUT2D eigenvalue weighted by Crippen LogP contribution is 2.17. The lowest BCUT2D eigenvalue weighted by Gasteiger charge is -2.09. The van der Waals surface area contributed by atoms with Crippen molar-refractivity contribution >= 4 is 28.5 Å². The summed E-state index contributed by atoms with van der Waals surface area (Å²) in [5, 5.41) is 6.45. The van der Waals surface area contributed by atoms with E-state index >= 15 is 0 Å². The van der Waals surface area contributed by atoms with Crippen LogP contribution in [0.25, 0.3) is 11.0 Å². The number of aromatic nitrogens is 3. The Hall–Kier alpha value is -2.60. The molecular formula is C17H17ClN4O2. The molecule has 0 atom stereocenters. The monoisotopic (exact) mass is 344 g/mol. The van der Waals surface area contributed by atoms with Crippen molar-refractivity contribution in [3.8, 4) is 0 Å². The highest BCUT2D eigenvalue weighted by molar-refractivity contribution is 6.30. The fourth-order valence-electron chi connectivity index (χ4n) is 2.69. The van der Waals surface area contributed by atoms with Crippen LogP contribution >= 0.6 is 11.6 Å². The van der Waals surface area contributed by atoms with Crippen LogP contribution in [-0.4, -0.2) is 20.7 Å². The van der Waals surface area contributed by atoms with Crippen molar-refractivity contribution in [2.45, 2.75) is 20.4 Å². The van der Waals surface area contributed by atoms with Gasteiger partial charge in [-0.1, -0.05) is 17.7 Å². The summed E-state index contributed by atoms with van der Waals surface area (Å²) in [4.78, 5) is 29.0. The predicted octanol–water partition coefficient (Wildman–Crippen LogP) is 2.46. The molecule has 0 unspecified atom stereocenters. The van der Waals surface area contributed by atoms with Crippen molar-refractivity contribution < 1.29 is 4.79 Å². The summed E-state index contributed by atoms with van der Waals surface area (Å²) in [6, 6.07) is 7.13. The number of fused-ring (bicyclic) bond motifs is 1. The molecule has 0 aliphatic heterocycles. The Labute approximate surface area is 143 Å². The third kappa shape index (κ3) is 2.92. The van der Waals surface area contributed by atoms with Gasteiger partial charge in [0.2, 0.25) is 0 Å². The van der Waals surface area contributed by atoms with E-state index < -0.39 is 0 Å². The minimum absolute atomic E-state index is 0.299. The second-order valence-corrected chi connectivity index (χ2v) is 6.20. The average molecular weight is 345 g/mol. The Kier molecular flexibility index (Phi) is 4.15. The van der Waals surface area contributed by atoms with Gasteiger partial charge in [-0.25, -0.2) is 4.98 Å². The SMILES string of the molecule is Cc1cc(C(=O)NCc2ccc(Cl)cc2C)c2c(=O)[nH]n(C)c2n1. The van der Waals surface area contributed by atoms with E-state index in [1.165, 1.54) is 4.68 Å². The molecule has 0 radical (unpaired) electrons. The molecule has 0 aliphatic rings. The second-order valence-electron chi connectivity index (χ2n) is 5.76. The summed E-state index contributed by atoms with van der Waals surface area (Å²) < 4.78 is 1.52. The fourth-order valence-corrected chi connectivity index (χ4v) is 2.92. The molecule has 0 aliphatic carbocycles. The molecule has 0 bridgehead atoms. The molecule has 2 heterocycles. The van der Waals surface area contributed by atoms with Crippen LogP contribution in [0.1, 0.15) is 27.2 Å². The summed E-state index contributed by atoms with van der Waals surface area (Å²) in [7, 11) is 1.69. The van der Waals surface area contributed by atoms with Crippen LogP contribution in [0.4, 0.5) is 0 Å². The lowest BCUT2D eigenvalue weighted by molar-refractivity contribution is 0.0952. The van der Waals surface area contributed by atoms with Crippen LogP contribution in [0.3, 0.4) is 0 Å². The lowest BCUT2D eigenvalue weighted by Crippen LogP contribution is -2.24. The van der Waals surface area contributed by atoms with Gasteiger partial charge in [-0.2, -0.15) is 0 Å². The molecule has 0 saturated heterocycles. The van der Waals surface area contributed by atoms with E-state index in [0.717, 1.165) is 11.1 Å². The Bertz CT molecular complexity index is 1000. The number of amides is 1. The first-order valence-corrected chi connectivity index (χ1v) is 7.84. The van der Waals surface area contributed by atoms with Crippen LogP contribution in [-0.2, 0) is 13.6 Å². The number of aryl methyl sites for hydroxylation is 3. The fraction of sp³-hybridized carbons (Fsp3) is 0.235. The van der Waals surface area contributed by atoms with Crippen molar-refractivity contribution in [2.24, 2.45) is 7.05 Å². The molecule has 3 aromatic rings. The summed E-state index contributed by atoms with van der Waals surface area (Å²) in [5.41, 5.74) is 3.10. The molecule has 2 aromatic heterocycles. The number of nitrogens with one attached hydrogen (secondary N) is 2. The van der Waals surface area contributed by atoms with Crippen molar-refractivity contribution in [1.82, 2.24) is 20.1 Å². The third-order valence-corrected chi connectivity index (χ3v) is 4.17. The Balaban J connectivity index is 1.93. The summed E-state index contributed by atoms with van der Waals surface area (Å²) in [6.45, 7) is 4.08. The van der Waals surface area contributed by atoms with E-state index in [9.17, 15) is 9.59 Å². The van der Waals surface area contributed by atoms with Gasteiger partial charge in [-0.15, -0.1) is 0 Å². The van der Waals surface area contributed by atoms with Crippen LogP contribution < -0.4 is 10.9 Å². The molecular weight excluding hydrogens is 328 g/mol. The molecule has 1 aromatic carbocycles. The van der Waals surface area contributed by atoms with E-state index in [-0.39, 0.29) is 11.5 Å². The Morgan fingerprint density at radius 3 is 2.79 bits per heavy atom. The normalized spacial score (nSPS) is 11.0. The van der Waals surface area contributed by atoms with Gasteiger partial charge in [0, 0.05) is 24.3 Å². The smallest absolute Gasteiger partial charge is 0.274 e. The van der Waals surface area contributed by atoms with E-state index in [4.69, 9.17) is 11.6 Å². The number of benzene rings is 1. The summed E-state index contributed by atoms with van der Waals surface area (Å²) in [5.74, 6) is -0.309. The molecule has 7 heteroatoms. The number of nitrogens with zero attached hydrogens (tertiary/aromatic N) is 2. The summed E-state index contributed by atoms with van der Waals surface area (Å²) in [6.07, 6.45) is 0. The van der Waals surface area contributed by atoms with E-state index in [2.05, 4.69) is 15.4 Å². The van der Waals surface area contributed by atoms with Crippen LogP contribution in [0.5, 0.6) is 0 Å². The van der Waals surface area contributed by atoms with Crippen LogP contribution in [0.2, 0.25) is 5.02 Å². The van der Waals surface area contributed by atoms with Crippen molar-refractivity contribution in [3.05, 3.63) is 62.0 Å². The number of hydrogen-bond donors (Lipinski definition) is 2. The van der Waals surface area contributed by atoms with Crippen molar-refractivity contribution in [1.29, 1.82) is 0 Å². The molecule has 6 nitrogen and oxygen atoms in total. The molecule has 24 heavy (non-hydrogen) atoms. The summed E-state index contributed by atoms with van der Waals surface area (Å²) >= 11 is 5.94. The van der Waals surface area contributed by atoms with Gasteiger partial charge in [0.05, 0.1) is 10.9 Å². The first kappa shape index (κ1) is 16.3. The molecule has 0 spiro atoms. The minimum Gasteiger partial charge on any atom is -0.348 e. The van der Waals surface area contributed by atoms with Gasteiger partial charge < -0.3 is 5.32 Å². The van der Waals surface area contributed by atoms with Gasteiger partial charge >= 0.3 is 0 Å². The van der Waals surface area contributed by atoms with Gasteiger partial charge in [-0.3, -0.25) is 19.4 Å². The quantitative estimate of drug-likeness (QED) is 0.766. The molecule has 124 valence electrons. The maximum Gasteiger partial charge on any atom is 0.274 e. The number of halogens is 1. The minimum atomic E-state index is -0.326. The first-order chi connectivity index (χ1) is 11.4. The zero-order chi connectivity index (χ0) is 17.4. The molecule has 2 N–H and O–H groups in total. The maximum absolute atomic E-state index is 12.6. The second kappa shape index (κ2) is 6.13. The van der Waals surface area contributed by atoms with E-state index in [0.29, 0.717) is 33.9 Å². The van der Waals surface area contributed by atoms with Crippen molar-refractivity contribution in [2.75, 3.05) is 0 Å². The highest BCUT2D eigenvalue weighted by atomic mass is 35.5. The van der Waals surface area contributed by atoms with Gasteiger partial charge in [-0.05, 0) is 43.2 Å². The highest BCUT2D eigenvalue weighted by Gasteiger charge is 2.17. The standard InChI is InChI=1S/C17H17ClN4O2/c1-9-6-12(18)5-4-11(9)8-19-16(23)13-7-10(2)20-15-14(13)17(24)21-22(15)3/h4-7H,8H2,1-3H3,(H,19,23)(H,21,24). The number of carbonyl (C=O) groups excluding carboxylic acids is 1. The number of hydrogen-bond acceptors (Lipinski definition) is 3. The van der Waals surface area contributed by atoms with Gasteiger partial charge in [0.15, 0.2) is 5.65 Å². The zero-order valence-corrected chi connectivity index (χ0v) is 14.4. The third-order valence-electron chi connectivity index (χ3n) is 3.93. The average Bonchev–Trinajstić information content (AvgIpc) is 2.80. The van der Waals surface area contributed by atoms with Crippen molar-refractivity contribution in [3.63, 3.8) is 0 Å². The largest absolute Gasteiger partial charge is 0.348 e. The molecule has 1 amide bonds. The first-order valence-electron chi connectivity index (χ1n) is 7.46. The maximum atomic E-state index is 12.6. The molecule has 3 rings (SSSR count). The number of aromatic amines is 1. The molecule has 0 saturated carbocycles. The zero-order valence-electron chi connectivity index (χ0n) is 13.6. The number of carbonyl (C=O) groups is 1. The Morgan fingerprint density at radius 2 is 2.08 bits per heavy atom. The topological polar surface area (TPSA) is 79.8 Å². The number of pyridine rings is 1. The van der Waals surface area contributed by atoms with Crippen LogP contribution in [0, 0.1) is 13.8 Å². The molecule has 0 fully saturated rings. The lowest BCUT2D eigenvalue weighted by atomic mass is 10.1. The van der Waals surface area contributed by atoms with Gasteiger partial charge in [0.1, 0.15) is 0 Å². The van der Waals surface area contributed by atoms with E-state index in [1.807, 2.05) is 19.1 Å². The predicted molar refractivity (Wildman–Crippen MR) is 93.4 cm³/mol. The number of H-pyrrole nitrogens is 1. The van der Waals surface area contributed by atoms with Gasteiger partial charge in [0.25, 0.3) is 11.5 Å². The Morgan fingerprint density at radius 1 is 1.33 bits per heavy atom. The van der Waals surface area contributed by atoms with E-state index in [1.54, 1.807) is 26.1 Å². The van der Waals surface area contributed by atoms with Crippen LogP contribution in [0.15, 0.2) is 29.1 Å².